The van der Waals surface area contributed by atoms with Gasteiger partial charge < -0.3 is 9.13 Å². The van der Waals surface area contributed by atoms with E-state index in [2.05, 4.69) is 232 Å². The van der Waals surface area contributed by atoms with Gasteiger partial charge >= 0.3 is 0 Å². The minimum Gasteiger partial charge on any atom is -0.309 e. The maximum Gasteiger partial charge on any atom is 0.187 e. The first-order valence-electron chi connectivity index (χ1n) is 32.4. The van der Waals surface area contributed by atoms with Crippen LogP contribution in [-0.4, -0.2) is 24.1 Å². The topological polar surface area (TPSA) is 100 Å². The Kier molecular flexibility index (Phi) is 14.5. The van der Waals surface area contributed by atoms with Gasteiger partial charge in [-0.25, -0.2) is 19.8 Å². The van der Waals surface area contributed by atoms with E-state index in [4.69, 9.17) is 21.5 Å². The average Bonchev–Trinajstić information content (AvgIpc) is 1.57. The minimum atomic E-state index is 0.385. The van der Waals surface area contributed by atoms with Gasteiger partial charge in [0.2, 0.25) is 0 Å². The second-order valence-electron chi connectivity index (χ2n) is 24.4. The lowest BCUT2D eigenvalue weighted by atomic mass is 9.94. The van der Waals surface area contributed by atoms with E-state index in [-0.39, 0.29) is 0 Å². The van der Waals surface area contributed by atoms with E-state index < -0.39 is 0 Å². The van der Waals surface area contributed by atoms with Gasteiger partial charge in [0.05, 0.1) is 51.9 Å². The van der Waals surface area contributed by atoms with E-state index in [9.17, 15) is 10.5 Å². The van der Waals surface area contributed by atoms with Crippen LogP contribution in [0.1, 0.15) is 11.1 Å². The van der Waals surface area contributed by atoms with Crippen LogP contribution in [0, 0.1) is 29.2 Å². The van der Waals surface area contributed by atoms with Crippen molar-refractivity contribution >= 4 is 49.3 Å². The molecule has 454 valence electrons. The molecule has 0 bridgehead atoms. The van der Waals surface area contributed by atoms with E-state index in [1.807, 2.05) is 121 Å². The third-order valence-corrected chi connectivity index (χ3v) is 18.7. The predicted octanol–water partition coefficient (Wildman–Crippen LogP) is 23.0. The highest BCUT2D eigenvalue weighted by atomic mass is 15.0. The van der Waals surface area contributed by atoms with Crippen molar-refractivity contribution in [2.24, 2.45) is 0 Å². The van der Waals surface area contributed by atoms with Crippen LogP contribution < -0.4 is 0 Å². The van der Waals surface area contributed by atoms with E-state index in [0.717, 1.165) is 133 Å². The van der Waals surface area contributed by atoms with Gasteiger partial charge in [-0.05, 0) is 182 Å². The summed E-state index contributed by atoms with van der Waals surface area (Å²) < 4.78 is 4.66. The molecule has 8 heteroatoms. The van der Waals surface area contributed by atoms with Crippen molar-refractivity contribution in [3.63, 3.8) is 0 Å². The molecule has 17 aromatic rings. The largest absolute Gasteiger partial charge is 0.309 e. The molecule has 0 N–H and O–H groups in total. The lowest BCUT2D eigenvalue weighted by Crippen LogP contribution is -2.04. The van der Waals surface area contributed by atoms with Gasteiger partial charge in [-0.1, -0.05) is 218 Å². The maximum absolute atomic E-state index is 10.6. The van der Waals surface area contributed by atoms with Crippen molar-refractivity contribution in [3.8, 4) is 136 Å². The summed E-state index contributed by atoms with van der Waals surface area (Å²) in [6, 6.07) is 117. The zero-order valence-electron chi connectivity index (χ0n) is 52.8. The van der Waals surface area contributed by atoms with Crippen molar-refractivity contribution in [1.82, 2.24) is 24.1 Å². The van der Waals surface area contributed by atoms with E-state index >= 15 is 0 Å². The average molecular weight is 1250 g/mol. The summed E-state index contributed by atoms with van der Waals surface area (Å²) in [6.45, 7) is 8.27. The molecular weight excluding hydrogens is 1190 g/mol. The summed E-state index contributed by atoms with van der Waals surface area (Å²) in [7, 11) is 0. The van der Waals surface area contributed by atoms with Crippen molar-refractivity contribution in [2.75, 3.05) is 0 Å². The molecule has 0 radical (unpaired) electrons. The molecule has 0 aliphatic heterocycles. The van der Waals surface area contributed by atoms with Crippen LogP contribution in [-0.2, 0) is 0 Å². The van der Waals surface area contributed by atoms with Gasteiger partial charge in [-0.15, -0.1) is 0 Å². The molecule has 0 amide bonds. The Morgan fingerprint density at radius 3 is 1.03 bits per heavy atom. The summed E-state index contributed by atoms with van der Waals surface area (Å²) in [6.07, 6.45) is 0. The third kappa shape index (κ3) is 10.4. The lowest BCUT2D eigenvalue weighted by molar-refractivity contribution is 1.07. The molecule has 0 aliphatic rings. The van der Waals surface area contributed by atoms with Crippen molar-refractivity contribution in [3.05, 3.63) is 350 Å². The van der Waals surface area contributed by atoms with Crippen LogP contribution in [0.25, 0.3) is 172 Å². The normalized spacial score (nSPS) is 11.2. The number of hydrogen-bond donors (Lipinski definition) is 0. The zero-order valence-corrected chi connectivity index (χ0v) is 52.8. The number of nitriles is 2. The third-order valence-electron chi connectivity index (χ3n) is 18.7. The second kappa shape index (κ2) is 24.6. The number of aromatic nitrogens is 5. The van der Waals surface area contributed by atoms with E-state index in [1.54, 1.807) is 0 Å². The molecule has 8 nitrogen and oxygen atoms in total. The predicted molar refractivity (Wildman–Crippen MR) is 399 cm³/mol. The van der Waals surface area contributed by atoms with Gasteiger partial charge in [0, 0.05) is 55.2 Å². The Bertz CT molecular complexity index is 5630. The highest BCUT2D eigenvalue weighted by molar-refractivity contribution is 6.13. The smallest absolute Gasteiger partial charge is 0.187 e. The number of benzene rings is 14. The quantitative estimate of drug-likeness (QED) is 0.113. The highest BCUT2D eigenvalue weighted by Gasteiger charge is 2.25. The Morgan fingerprint density at radius 1 is 0.265 bits per heavy atom. The Balaban J connectivity index is 0.911. The van der Waals surface area contributed by atoms with Crippen molar-refractivity contribution in [1.29, 1.82) is 10.5 Å². The summed E-state index contributed by atoms with van der Waals surface area (Å²) in [4.78, 5) is 20.6. The van der Waals surface area contributed by atoms with Crippen LogP contribution in [0.15, 0.2) is 328 Å². The van der Waals surface area contributed by atoms with Crippen molar-refractivity contribution in [2.45, 2.75) is 0 Å². The second-order valence-corrected chi connectivity index (χ2v) is 24.4. The van der Waals surface area contributed by atoms with Gasteiger partial charge in [0.1, 0.15) is 0 Å². The van der Waals surface area contributed by atoms with Gasteiger partial charge in [-0.3, -0.25) is 0 Å². The standard InChI is InChI=1S/C90H54N8/c1-93-70-32-19-31-68(49-70)79-55-72(98-86-46-38-65(61-25-10-4-11-26-61)52-82(86)83-53-66(39-47-87(83)98)62-27-12-5-13-28-62)41-43-77(79)90-95-88(75-35-17-16-34-74(75)73-33-15-14-29-69(73)57-92)94-89(96-90)76-42-40-71(54-78(76)67-30-18-20-58(48-67)56-91)97-84-44-36-63(59-21-6-2-7-22-59)50-80(84)81-51-64(37-45-85(81)97)60-23-8-3-9-24-60/h2-55H. The molecule has 0 saturated heterocycles. The fourth-order valence-corrected chi connectivity index (χ4v) is 14.0. The van der Waals surface area contributed by atoms with E-state index in [0.29, 0.717) is 51.0 Å². The fraction of sp³-hybridized carbons (Fsp3) is 0. The number of rotatable bonds is 12. The van der Waals surface area contributed by atoms with Crippen LogP contribution in [0.4, 0.5) is 5.69 Å². The minimum absolute atomic E-state index is 0.385. The number of nitrogens with zero attached hydrogens (tertiary/aromatic N) is 8. The van der Waals surface area contributed by atoms with E-state index in [1.165, 1.54) is 0 Å². The monoisotopic (exact) mass is 1250 g/mol. The summed E-state index contributed by atoms with van der Waals surface area (Å²) >= 11 is 0. The first kappa shape index (κ1) is 58.0. The molecule has 0 atom stereocenters. The Labute approximate surface area is 566 Å². The van der Waals surface area contributed by atoms with Crippen LogP contribution in [0.2, 0.25) is 0 Å². The molecule has 0 saturated carbocycles. The van der Waals surface area contributed by atoms with Crippen LogP contribution in [0.3, 0.4) is 0 Å². The number of hydrogen-bond acceptors (Lipinski definition) is 5. The first-order valence-corrected chi connectivity index (χ1v) is 32.4. The zero-order chi connectivity index (χ0) is 65.6. The lowest BCUT2D eigenvalue weighted by Gasteiger charge is -2.18. The first-order chi connectivity index (χ1) is 48.4. The fourth-order valence-electron chi connectivity index (χ4n) is 14.0. The maximum atomic E-state index is 10.6. The molecule has 17 rings (SSSR count). The number of fused-ring (bicyclic) bond motifs is 6. The van der Waals surface area contributed by atoms with Gasteiger partial charge in [-0.2, -0.15) is 10.5 Å². The molecule has 0 spiro atoms. The molecule has 3 aromatic heterocycles. The van der Waals surface area contributed by atoms with Crippen LogP contribution >= 0.6 is 0 Å². The molecule has 0 aliphatic carbocycles. The Morgan fingerprint density at radius 2 is 0.622 bits per heavy atom. The van der Waals surface area contributed by atoms with Crippen molar-refractivity contribution < 1.29 is 0 Å². The summed E-state index contributed by atoms with van der Waals surface area (Å²) in [5, 5.41) is 25.6. The van der Waals surface area contributed by atoms with Gasteiger partial charge in [0.15, 0.2) is 23.2 Å². The summed E-state index contributed by atoms with van der Waals surface area (Å²) in [5.74, 6) is 1.16. The molecule has 0 fully saturated rings. The highest BCUT2D eigenvalue weighted by Crippen LogP contribution is 2.45. The molecule has 0 unspecified atom stereocenters. The SMILES string of the molecule is [C-]#[N+]c1cccc(-c2cc(-n3c4ccc(-c5ccccc5)cc4c4cc(-c5ccccc5)ccc43)ccc2-c2nc(-c3ccc(-n4c5ccc(-c6ccccc6)cc5c5cc(-c6ccccc6)ccc54)cc3-c3cccc(C#N)c3)nc(-c3ccccc3-c3ccccc3C#N)n2)c1. The molecule has 14 aromatic carbocycles. The molecular formula is C90H54N8. The van der Waals surface area contributed by atoms with Gasteiger partial charge in [0.25, 0.3) is 0 Å². The summed E-state index contributed by atoms with van der Waals surface area (Å²) in [5.41, 5.74) is 23.2. The van der Waals surface area contributed by atoms with Crippen LogP contribution in [0.5, 0.6) is 0 Å². The Hall–Kier alpha value is -13.8. The molecule has 98 heavy (non-hydrogen) atoms. The molecule has 3 heterocycles.